The van der Waals surface area contributed by atoms with Gasteiger partial charge in [0.2, 0.25) is 0 Å². The summed E-state index contributed by atoms with van der Waals surface area (Å²) in [5, 5.41) is 10.2. The van der Waals surface area contributed by atoms with Crippen molar-refractivity contribution in [3.05, 3.63) is 77.0 Å². The maximum Gasteiger partial charge on any atom is 0.260 e. The molecule has 2 fully saturated rings. The van der Waals surface area contributed by atoms with Gasteiger partial charge in [0.15, 0.2) is 11.8 Å². The van der Waals surface area contributed by atoms with Gasteiger partial charge in [-0.1, -0.05) is 12.1 Å². The van der Waals surface area contributed by atoms with Gasteiger partial charge in [0.05, 0.1) is 30.6 Å². The van der Waals surface area contributed by atoms with Crippen LogP contribution in [0.3, 0.4) is 0 Å². The first-order valence-electron chi connectivity index (χ1n) is 10.7. The second-order valence-corrected chi connectivity index (χ2v) is 8.31. The summed E-state index contributed by atoms with van der Waals surface area (Å²) in [7, 11) is 0. The molecule has 4 aromatic rings. The van der Waals surface area contributed by atoms with E-state index in [0.717, 1.165) is 6.07 Å². The fourth-order valence-electron chi connectivity index (χ4n) is 4.60. The van der Waals surface area contributed by atoms with Crippen molar-refractivity contribution in [1.29, 1.82) is 0 Å². The number of rotatable bonds is 4. The average molecular weight is 467 g/mol. The van der Waals surface area contributed by atoms with Crippen LogP contribution >= 0.6 is 0 Å². The molecular formula is C24H19F2N3O5. The second kappa shape index (κ2) is 8.01. The number of aromatic nitrogens is 3. The number of nitrogens with zero attached hydrogens (tertiary/aromatic N) is 2. The molecule has 4 unspecified atom stereocenters. The van der Waals surface area contributed by atoms with E-state index in [4.69, 9.17) is 14.2 Å². The molecule has 174 valence electrons. The fourth-order valence-corrected chi connectivity index (χ4v) is 4.60. The molecule has 2 aliphatic rings. The van der Waals surface area contributed by atoms with Crippen molar-refractivity contribution in [2.24, 2.45) is 0 Å². The van der Waals surface area contributed by atoms with Gasteiger partial charge in [0.1, 0.15) is 35.7 Å². The van der Waals surface area contributed by atoms with E-state index in [9.17, 15) is 18.7 Å². The van der Waals surface area contributed by atoms with Gasteiger partial charge in [-0.2, -0.15) is 0 Å². The third-order valence-electron chi connectivity index (χ3n) is 6.15. The molecule has 2 N–H and O–H groups in total. The van der Waals surface area contributed by atoms with Crippen LogP contribution in [0.4, 0.5) is 8.78 Å². The summed E-state index contributed by atoms with van der Waals surface area (Å²) in [4.78, 5) is 19.4. The van der Waals surface area contributed by atoms with E-state index in [0.29, 0.717) is 28.9 Å². The number of fused-ring (bicyclic) bond motifs is 2. The predicted octanol–water partition coefficient (Wildman–Crippen LogP) is 2.56. The van der Waals surface area contributed by atoms with Crippen LogP contribution in [0.1, 0.15) is 0 Å². The molecule has 4 heterocycles. The van der Waals surface area contributed by atoms with E-state index >= 15 is 0 Å². The molecule has 0 radical (unpaired) electrons. The Bertz CT molecular complexity index is 1410. The monoisotopic (exact) mass is 467 g/mol. The Morgan fingerprint density at radius 2 is 1.79 bits per heavy atom. The molecule has 0 bridgehead atoms. The first-order valence-corrected chi connectivity index (χ1v) is 10.7. The lowest BCUT2D eigenvalue weighted by Gasteiger charge is -2.18. The topological polar surface area (TPSA) is 98.6 Å². The quantitative estimate of drug-likeness (QED) is 0.479. The number of ether oxygens (including phenoxy) is 3. The van der Waals surface area contributed by atoms with Crippen LogP contribution in [0.25, 0.3) is 27.8 Å². The molecule has 0 spiro atoms. The summed E-state index contributed by atoms with van der Waals surface area (Å²) in [6.07, 6.45) is 1.16. The molecule has 2 saturated heterocycles. The van der Waals surface area contributed by atoms with Gasteiger partial charge < -0.3 is 28.9 Å². The average Bonchev–Trinajstić information content (AvgIpc) is 3.50. The number of hydrogen-bond donors (Lipinski definition) is 2. The highest BCUT2D eigenvalue weighted by Gasteiger charge is 2.48. The molecule has 10 heteroatoms. The zero-order valence-corrected chi connectivity index (χ0v) is 17.7. The number of aromatic amines is 1. The molecule has 4 atom stereocenters. The molecular weight excluding hydrogens is 448 g/mol. The van der Waals surface area contributed by atoms with E-state index in [-0.39, 0.29) is 41.8 Å². The Balaban J connectivity index is 1.35. The summed E-state index contributed by atoms with van der Waals surface area (Å²) in [5.74, 6) is -0.894. The SMILES string of the molecule is O=c1[nH]cnc2c1c(-c1ccc(OC3COC4C(O)COC34)cc1)cn2-c1cc(F)cc(F)c1. The summed E-state index contributed by atoms with van der Waals surface area (Å²) in [6.45, 7) is 0.531. The molecule has 0 amide bonds. The Hall–Kier alpha value is -3.60. The molecule has 2 aromatic carbocycles. The smallest absolute Gasteiger partial charge is 0.260 e. The van der Waals surface area contributed by atoms with E-state index in [1.165, 1.54) is 23.0 Å². The molecule has 2 aliphatic heterocycles. The fraction of sp³-hybridized carbons (Fsp3) is 0.250. The van der Waals surface area contributed by atoms with Crippen LogP contribution in [0.15, 0.2) is 59.8 Å². The van der Waals surface area contributed by atoms with Crippen molar-refractivity contribution >= 4 is 11.0 Å². The lowest BCUT2D eigenvalue weighted by atomic mass is 10.1. The Morgan fingerprint density at radius 1 is 1.06 bits per heavy atom. The zero-order valence-electron chi connectivity index (χ0n) is 17.7. The van der Waals surface area contributed by atoms with Gasteiger partial charge in [0.25, 0.3) is 5.56 Å². The Labute approximate surface area is 191 Å². The standard InChI is InChI=1S/C24H19F2N3O5/c25-13-5-14(26)7-15(6-13)29-8-17(20-23(29)27-11-28-24(20)31)12-1-3-16(4-2-12)34-19-10-33-21-18(30)9-32-22(19)21/h1-8,11,18-19,21-22,30H,9-10H2,(H,27,28,31). The number of H-pyrrole nitrogens is 1. The van der Waals surface area contributed by atoms with E-state index in [1.807, 2.05) is 0 Å². The zero-order chi connectivity index (χ0) is 23.4. The van der Waals surface area contributed by atoms with Crippen molar-refractivity contribution in [3.8, 4) is 22.6 Å². The molecule has 2 aromatic heterocycles. The third-order valence-corrected chi connectivity index (χ3v) is 6.15. The van der Waals surface area contributed by atoms with Crippen molar-refractivity contribution < 1.29 is 28.1 Å². The summed E-state index contributed by atoms with van der Waals surface area (Å²) >= 11 is 0. The number of aliphatic hydroxyl groups excluding tert-OH is 1. The first-order chi connectivity index (χ1) is 16.5. The maximum atomic E-state index is 13.8. The van der Waals surface area contributed by atoms with Gasteiger partial charge in [-0.25, -0.2) is 13.8 Å². The lowest BCUT2D eigenvalue weighted by Crippen LogP contribution is -2.34. The highest BCUT2D eigenvalue weighted by molar-refractivity contribution is 5.94. The molecule has 6 rings (SSSR count). The van der Waals surface area contributed by atoms with Crippen LogP contribution in [0.5, 0.6) is 5.75 Å². The van der Waals surface area contributed by atoms with Crippen LogP contribution in [-0.4, -0.2) is 57.3 Å². The first kappa shape index (κ1) is 21.0. The van der Waals surface area contributed by atoms with Gasteiger partial charge in [-0.3, -0.25) is 4.79 Å². The summed E-state index contributed by atoms with van der Waals surface area (Å²) < 4.78 is 46.4. The van der Waals surface area contributed by atoms with Crippen molar-refractivity contribution in [2.75, 3.05) is 13.2 Å². The van der Waals surface area contributed by atoms with Crippen LogP contribution in [-0.2, 0) is 9.47 Å². The summed E-state index contributed by atoms with van der Waals surface area (Å²) in [6, 6.07) is 10.2. The minimum Gasteiger partial charge on any atom is -0.485 e. The highest BCUT2D eigenvalue weighted by Crippen LogP contribution is 2.33. The Morgan fingerprint density at radius 3 is 2.56 bits per heavy atom. The largest absolute Gasteiger partial charge is 0.485 e. The minimum atomic E-state index is -0.735. The van der Waals surface area contributed by atoms with E-state index in [2.05, 4.69) is 9.97 Å². The second-order valence-electron chi connectivity index (χ2n) is 8.31. The number of hydrogen-bond acceptors (Lipinski definition) is 6. The van der Waals surface area contributed by atoms with Gasteiger partial charge in [-0.15, -0.1) is 0 Å². The maximum absolute atomic E-state index is 13.8. The van der Waals surface area contributed by atoms with Gasteiger partial charge in [-0.05, 0) is 29.8 Å². The predicted molar refractivity (Wildman–Crippen MR) is 117 cm³/mol. The number of benzene rings is 2. The van der Waals surface area contributed by atoms with Gasteiger partial charge >= 0.3 is 0 Å². The highest BCUT2D eigenvalue weighted by atomic mass is 19.1. The molecule has 0 aliphatic carbocycles. The molecule has 34 heavy (non-hydrogen) atoms. The van der Waals surface area contributed by atoms with Crippen LogP contribution in [0, 0.1) is 11.6 Å². The Kier molecular flexibility index (Phi) is 4.94. The van der Waals surface area contributed by atoms with Crippen molar-refractivity contribution in [1.82, 2.24) is 14.5 Å². The molecule has 8 nitrogen and oxygen atoms in total. The third kappa shape index (κ3) is 3.47. The van der Waals surface area contributed by atoms with Gasteiger partial charge in [0, 0.05) is 17.8 Å². The lowest BCUT2D eigenvalue weighted by molar-refractivity contribution is 0.00863. The van der Waals surface area contributed by atoms with Crippen molar-refractivity contribution in [3.63, 3.8) is 0 Å². The van der Waals surface area contributed by atoms with Crippen LogP contribution < -0.4 is 10.3 Å². The molecule has 0 saturated carbocycles. The van der Waals surface area contributed by atoms with E-state index in [1.54, 1.807) is 30.5 Å². The van der Waals surface area contributed by atoms with Crippen molar-refractivity contribution in [2.45, 2.75) is 24.4 Å². The summed E-state index contributed by atoms with van der Waals surface area (Å²) in [5.41, 5.74) is 1.35. The number of nitrogens with one attached hydrogen (secondary N) is 1. The normalized spacial score (nSPS) is 24.0. The van der Waals surface area contributed by atoms with E-state index < -0.39 is 17.7 Å². The minimum absolute atomic E-state index is 0.210. The van der Waals surface area contributed by atoms with Crippen LogP contribution in [0.2, 0.25) is 0 Å². The number of aliphatic hydroxyl groups is 1. The number of halogens is 2.